The minimum Gasteiger partial charge on any atom is -0.466 e. The van der Waals surface area contributed by atoms with Gasteiger partial charge in [-0.1, -0.05) is 115 Å². The van der Waals surface area contributed by atoms with Crippen LogP contribution in [0.1, 0.15) is 129 Å². The molecule has 6 heteroatoms. The summed E-state index contributed by atoms with van der Waals surface area (Å²) in [4.78, 5) is 11.4. The van der Waals surface area contributed by atoms with Gasteiger partial charge >= 0.3 is 5.97 Å². The van der Waals surface area contributed by atoms with E-state index in [-0.39, 0.29) is 5.97 Å². The molecule has 0 atom stereocenters. The van der Waals surface area contributed by atoms with Crippen LogP contribution >= 0.6 is 0 Å². The lowest BCUT2D eigenvalue weighted by molar-refractivity contribution is -0.143. The predicted octanol–water partition coefficient (Wildman–Crippen LogP) is 6.79. The topological polar surface area (TPSA) is 80.8 Å². The molecule has 0 saturated heterocycles. The van der Waals surface area contributed by atoms with Crippen LogP contribution in [0.4, 0.5) is 0 Å². The Balaban J connectivity index is 0.00000135. The minimum atomic E-state index is -0.00172. The zero-order valence-corrected chi connectivity index (χ0v) is 19.2. The molecule has 1 N–H and O–H groups in total. The largest absolute Gasteiger partial charge is 0.466 e. The molecule has 6 nitrogen and oxygen atoms in total. The molecular formula is C23H46N4O2. The molecule has 0 fully saturated rings. The van der Waals surface area contributed by atoms with Crippen molar-refractivity contribution in [3.05, 3.63) is 6.33 Å². The zero-order chi connectivity index (χ0) is 21.3. The van der Waals surface area contributed by atoms with Crippen LogP contribution in [0.25, 0.3) is 0 Å². The number of aromatic amines is 1. The van der Waals surface area contributed by atoms with Crippen molar-refractivity contribution in [1.29, 1.82) is 0 Å². The summed E-state index contributed by atoms with van der Waals surface area (Å²) in [5.74, 6) is -0.00172. The standard InChI is InChI=1S/C22H44O2.CH2N4/c1-3-5-7-8-9-10-11-12-13-14-15-16-17-18-19-20-22(23)24-21-6-4-2;1-2-4-5-3-1/h3-21H2,1-2H3;1H,(H,2,3,4,5). The first-order valence-electron chi connectivity index (χ1n) is 12.1. The number of unbranched alkanes of at least 4 members (excludes halogenated alkanes) is 15. The number of aromatic nitrogens is 4. The number of ether oxygens (including phenoxy) is 1. The zero-order valence-electron chi connectivity index (χ0n) is 19.2. The minimum absolute atomic E-state index is 0.00172. The van der Waals surface area contributed by atoms with Gasteiger partial charge in [-0.2, -0.15) is 5.21 Å². The summed E-state index contributed by atoms with van der Waals surface area (Å²) >= 11 is 0. The summed E-state index contributed by atoms with van der Waals surface area (Å²) in [5, 5.41) is 12.2. The maximum Gasteiger partial charge on any atom is 0.305 e. The van der Waals surface area contributed by atoms with Crippen molar-refractivity contribution in [2.24, 2.45) is 0 Å². The third-order valence-corrected chi connectivity index (χ3v) is 5.01. The molecule has 1 aromatic heterocycles. The number of carbonyl (C=O) groups excluding carboxylic acids is 1. The van der Waals surface area contributed by atoms with E-state index >= 15 is 0 Å². The average Bonchev–Trinajstić information content (AvgIpc) is 3.31. The number of carbonyl (C=O) groups is 1. The Hall–Kier alpha value is -1.46. The summed E-state index contributed by atoms with van der Waals surface area (Å²) in [6.07, 6.45) is 24.4. The smallest absolute Gasteiger partial charge is 0.305 e. The van der Waals surface area contributed by atoms with Gasteiger partial charge in [0.1, 0.15) is 0 Å². The molecule has 0 amide bonds. The molecule has 29 heavy (non-hydrogen) atoms. The second-order valence-corrected chi connectivity index (χ2v) is 7.83. The molecule has 0 spiro atoms. The van der Waals surface area contributed by atoms with Gasteiger partial charge in [-0.05, 0) is 12.8 Å². The fraction of sp³-hybridized carbons (Fsp3) is 0.913. The van der Waals surface area contributed by atoms with Crippen LogP contribution in [-0.2, 0) is 9.53 Å². The van der Waals surface area contributed by atoms with Gasteiger partial charge in [-0.15, -0.1) is 10.2 Å². The molecule has 1 aromatic rings. The third-order valence-electron chi connectivity index (χ3n) is 5.01. The van der Waals surface area contributed by atoms with Crippen molar-refractivity contribution in [2.45, 2.75) is 129 Å². The van der Waals surface area contributed by atoms with Gasteiger partial charge in [0.2, 0.25) is 0 Å². The number of hydrogen-bond acceptors (Lipinski definition) is 5. The van der Waals surface area contributed by atoms with E-state index in [9.17, 15) is 4.79 Å². The van der Waals surface area contributed by atoms with Crippen LogP contribution < -0.4 is 0 Å². The number of H-pyrrole nitrogens is 1. The second-order valence-electron chi connectivity index (χ2n) is 7.83. The number of nitrogens with one attached hydrogen (secondary N) is 1. The molecule has 170 valence electrons. The number of tetrazole rings is 1. The van der Waals surface area contributed by atoms with E-state index in [4.69, 9.17) is 4.74 Å². The monoisotopic (exact) mass is 410 g/mol. The van der Waals surface area contributed by atoms with E-state index in [1.165, 1.54) is 96.2 Å². The lowest BCUT2D eigenvalue weighted by Crippen LogP contribution is -2.05. The van der Waals surface area contributed by atoms with Gasteiger partial charge in [0.15, 0.2) is 6.33 Å². The maximum atomic E-state index is 11.4. The molecule has 1 heterocycles. The van der Waals surface area contributed by atoms with Crippen molar-refractivity contribution in [2.75, 3.05) is 6.61 Å². The Kier molecular flexibility index (Phi) is 23.3. The second kappa shape index (κ2) is 24.6. The van der Waals surface area contributed by atoms with E-state index in [1.807, 2.05) is 0 Å². The molecule has 0 radical (unpaired) electrons. The lowest BCUT2D eigenvalue weighted by atomic mass is 10.0. The molecule has 0 aliphatic heterocycles. The highest BCUT2D eigenvalue weighted by Gasteiger charge is 2.01. The van der Waals surface area contributed by atoms with Gasteiger partial charge in [-0.25, -0.2) is 0 Å². The van der Waals surface area contributed by atoms with Crippen LogP contribution in [-0.4, -0.2) is 33.2 Å². The van der Waals surface area contributed by atoms with Gasteiger partial charge < -0.3 is 4.74 Å². The highest BCUT2D eigenvalue weighted by Crippen LogP contribution is 2.13. The van der Waals surface area contributed by atoms with Crippen LogP contribution in [0.2, 0.25) is 0 Å². The molecule has 0 aromatic carbocycles. The number of esters is 1. The summed E-state index contributed by atoms with van der Waals surface area (Å²) < 4.78 is 5.16. The van der Waals surface area contributed by atoms with Crippen LogP contribution in [0.3, 0.4) is 0 Å². The Labute approximate surface area is 179 Å². The number of hydrogen-bond donors (Lipinski definition) is 1. The summed E-state index contributed by atoms with van der Waals surface area (Å²) in [5.41, 5.74) is 0. The van der Waals surface area contributed by atoms with Crippen molar-refractivity contribution in [1.82, 2.24) is 20.6 Å². The molecule has 0 aliphatic rings. The van der Waals surface area contributed by atoms with Crippen LogP contribution in [0.15, 0.2) is 6.33 Å². The average molecular weight is 411 g/mol. The first-order chi connectivity index (χ1) is 14.3. The summed E-state index contributed by atoms with van der Waals surface area (Å²) in [7, 11) is 0. The predicted molar refractivity (Wildman–Crippen MR) is 120 cm³/mol. The molecule has 1 rings (SSSR count). The molecular weight excluding hydrogens is 364 g/mol. The van der Waals surface area contributed by atoms with Gasteiger partial charge in [0.05, 0.1) is 6.61 Å². The molecule has 0 saturated carbocycles. The van der Waals surface area contributed by atoms with Crippen molar-refractivity contribution >= 4 is 5.97 Å². The van der Waals surface area contributed by atoms with E-state index < -0.39 is 0 Å². The SMILES string of the molecule is CCCCCCCCCCCCCCCCCC(=O)OCCCC.c1nn[nH]n1. The van der Waals surface area contributed by atoms with Crippen molar-refractivity contribution in [3.63, 3.8) is 0 Å². The fourth-order valence-electron chi connectivity index (χ4n) is 3.17. The van der Waals surface area contributed by atoms with E-state index in [2.05, 4.69) is 34.5 Å². The highest BCUT2D eigenvalue weighted by atomic mass is 16.5. The van der Waals surface area contributed by atoms with Crippen LogP contribution in [0.5, 0.6) is 0 Å². The van der Waals surface area contributed by atoms with Gasteiger partial charge in [0, 0.05) is 6.42 Å². The molecule has 0 unspecified atom stereocenters. The first-order valence-corrected chi connectivity index (χ1v) is 12.1. The normalized spacial score (nSPS) is 10.4. The lowest BCUT2D eigenvalue weighted by Gasteiger charge is -2.04. The maximum absolute atomic E-state index is 11.4. The third kappa shape index (κ3) is 24.5. The Morgan fingerprint density at radius 1 is 0.724 bits per heavy atom. The highest BCUT2D eigenvalue weighted by molar-refractivity contribution is 5.69. The number of nitrogens with zero attached hydrogens (tertiary/aromatic N) is 3. The van der Waals surface area contributed by atoms with Crippen LogP contribution in [0, 0.1) is 0 Å². The molecule has 0 aliphatic carbocycles. The Morgan fingerprint density at radius 3 is 1.59 bits per heavy atom. The summed E-state index contributed by atoms with van der Waals surface area (Å²) in [6, 6.07) is 0. The van der Waals surface area contributed by atoms with Gasteiger partial charge in [-0.3, -0.25) is 4.79 Å². The first kappa shape index (κ1) is 27.5. The quantitative estimate of drug-likeness (QED) is 0.200. The van der Waals surface area contributed by atoms with Gasteiger partial charge in [0.25, 0.3) is 0 Å². The number of rotatable bonds is 19. The van der Waals surface area contributed by atoms with E-state index in [0.29, 0.717) is 13.0 Å². The summed E-state index contributed by atoms with van der Waals surface area (Å²) in [6.45, 7) is 5.00. The Morgan fingerprint density at radius 2 is 1.21 bits per heavy atom. The fourth-order valence-corrected chi connectivity index (χ4v) is 3.17. The molecule has 0 bridgehead atoms. The van der Waals surface area contributed by atoms with E-state index in [0.717, 1.165) is 19.3 Å². The Bertz CT molecular complexity index is 396. The van der Waals surface area contributed by atoms with Crippen molar-refractivity contribution in [3.8, 4) is 0 Å². The van der Waals surface area contributed by atoms with Crippen molar-refractivity contribution < 1.29 is 9.53 Å². The van der Waals surface area contributed by atoms with E-state index in [1.54, 1.807) is 0 Å².